The van der Waals surface area contributed by atoms with E-state index in [4.69, 9.17) is 9.47 Å². The van der Waals surface area contributed by atoms with Crippen molar-refractivity contribution < 1.29 is 19.1 Å². The summed E-state index contributed by atoms with van der Waals surface area (Å²) in [6.07, 6.45) is 0. The highest BCUT2D eigenvalue weighted by Gasteiger charge is 2.43. The Morgan fingerprint density at radius 3 is 2.12 bits per heavy atom. The van der Waals surface area contributed by atoms with Crippen molar-refractivity contribution in [3.8, 4) is 11.5 Å². The third kappa shape index (κ3) is 4.21. The molecule has 0 bridgehead atoms. The van der Waals surface area contributed by atoms with E-state index in [-0.39, 0.29) is 11.8 Å². The van der Waals surface area contributed by atoms with Gasteiger partial charge in [0, 0.05) is 32.2 Å². The zero-order valence-corrected chi connectivity index (χ0v) is 18.8. The van der Waals surface area contributed by atoms with Gasteiger partial charge in [-0.3, -0.25) is 9.59 Å². The van der Waals surface area contributed by atoms with Crippen LogP contribution in [-0.2, 0) is 9.59 Å². The van der Waals surface area contributed by atoms with E-state index in [1.54, 1.807) is 18.2 Å². The van der Waals surface area contributed by atoms with Crippen molar-refractivity contribution in [2.45, 2.75) is 13.8 Å². The molecule has 2 heterocycles. The first kappa shape index (κ1) is 21.9. The molecule has 2 aromatic carbocycles. The van der Waals surface area contributed by atoms with Crippen LogP contribution in [0, 0.1) is 0 Å². The van der Waals surface area contributed by atoms with E-state index in [0.29, 0.717) is 54.6 Å². The number of rotatable bonds is 7. The van der Waals surface area contributed by atoms with Gasteiger partial charge in [0.05, 0.1) is 24.5 Å². The lowest BCUT2D eigenvalue weighted by Crippen LogP contribution is -2.46. The molecule has 0 aliphatic carbocycles. The predicted octanol–water partition coefficient (Wildman–Crippen LogP) is 3.02. The third-order valence-corrected chi connectivity index (χ3v) is 5.72. The van der Waals surface area contributed by atoms with E-state index in [1.807, 2.05) is 49.1 Å². The Labute approximate surface area is 188 Å². The summed E-state index contributed by atoms with van der Waals surface area (Å²) in [6.45, 7) is 7.95. The minimum atomic E-state index is -0.318. The number of carbonyl (C=O) groups excluding carboxylic acids is 2. The number of hydrogen-bond acceptors (Lipinski definition) is 6. The van der Waals surface area contributed by atoms with Gasteiger partial charge in [-0.15, -0.1) is 0 Å². The van der Waals surface area contributed by atoms with E-state index < -0.39 is 0 Å². The van der Waals surface area contributed by atoms with Crippen LogP contribution >= 0.6 is 0 Å². The van der Waals surface area contributed by atoms with Gasteiger partial charge in [0.2, 0.25) is 0 Å². The van der Waals surface area contributed by atoms with Crippen LogP contribution < -0.4 is 14.4 Å². The lowest BCUT2D eigenvalue weighted by atomic mass is 10.0. The molecular weight excluding hydrogens is 406 g/mol. The molecule has 0 unspecified atom stereocenters. The van der Waals surface area contributed by atoms with Crippen molar-refractivity contribution >= 4 is 23.1 Å². The van der Waals surface area contributed by atoms with Gasteiger partial charge in [-0.25, -0.2) is 4.90 Å². The molecule has 2 aliphatic heterocycles. The maximum Gasteiger partial charge on any atom is 0.282 e. The molecule has 0 spiro atoms. The van der Waals surface area contributed by atoms with Gasteiger partial charge in [0.1, 0.15) is 17.2 Å². The maximum absolute atomic E-state index is 13.7. The van der Waals surface area contributed by atoms with Crippen molar-refractivity contribution in [2.75, 3.05) is 51.3 Å². The van der Waals surface area contributed by atoms with Crippen molar-refractivity contribution in [3.63, 3.8) is 0 Å². The molecule has 7 nitrogen and oxygen atoms in total. The molecule has 2 amide bonds. The van der Waals surface area contributed by atoms with Gasteiger partial charge < -0.3 is 19.3 Å². The second-order valence-electron chi connectivity index (χ2n) is 7.85. The van der Waals surface area contributed by atoms with Crippen LogP contribution in [0.4, 0.5) is 5.69 Å². The molecule has 0 N–H and O–H groups in total. The molecule has 2 aromatic rings. The van der Waals surface area contributed by atoms with Gasteiger partial charge >= 0.3 is 0 Å². The average molecular weight is 436 g/mol. The largest absolute Gasteiger partial charge is 0.494 e. The summed E-state index contributed by atoms with van der Waals surface area (Å²) >= 11 is 0. The fourth-order valence-corrected chi connectivity index (χ4v) is 4.10. The summed E-state index contributed by atoms with van der Waals surface area (Å²) in [5.41, 5.74) is 2.13. The monoisotopic (exact) mass is 435 g/mol. The van der Waals surface area contributed by atoms with Crippen LogP contribution in [-0.4, -0.2) is 68.1 Å². The van der Waals surface area contributed by atoms with Crippen molar-refractivity contribution in [1.82, 2.24) is 9.80 Å². The molecule has 0 aromatic heterocycles. The van der Waals surface area contributed by atoms with Crippen LogP contribution in [0.2, 0.25) is 0 Å². The van der Waals surface area contributed by atoms with E-state index in [2.05, 4.69) is 11.9 Å². The first-order valence-corrected chi connectivity index (χ1v) is 11.1. The summed E-state index contributed by atoms with van der Waals surface area (Å²) in [4.78, 5) is 32.8. The van der Waals surface area contributed by atoms with Crippen molar-refractivity contribution in [3.05, 3.63) is 59.8 Å². The maximum atomic E-state index is 13.7. The van der Waals surface area contributed by atoms with Gasteiger partial charge in [0.15, 0.2) is 0 Å². The van der Waals surface area contributed by atoms with E-state index in [0.717, 1.165) is 18.8 Å². The molecule has 4 rings (SSSR count). The molecular formula is C25H29N3O4. The second-order valence-corrected chi connectivity index (χ2v) is 7.85. The lowest BCUT2D eigenvalue weighted by molar-refractivity contribution is -0.120. The molecule has 1 saturated heterocycles. The van der Waals surface area contributed by atoms with Crippen LogP contribution in [0.3, 0.4) is 0 Å². The molecule has 168 valence electrons. The van der Waals surface area contributed by atoms with Crippen LogP contribution in [0.5, 0.6) is 11.5 Å². The van der Waals surface area contributed by atoms with Gasteiger partial charge in [-0.1, -0.05) is 18.2 Å². The highest BCUT2D eigenvalue weighted by Crippen LogP contribution is 2.36. The van der Waals surface area contributed by atoms with E-state index >= 15 is 0 Å². The number of piperazine rings is 1. The van der Waals surface area contributed by atoms with E-state index in [9.17, 15) is 9.59 Å². The molecule has 2 aliphatic rings. The van der Waals surface area contributed by atoms with Gasteiger partial charge in [0.25, 0.3) is 11.8 Å². The first-order valence-electron chi connectivity index (χ1n) is 11.1. The second kappa shape index (κ2) is 9.44. The minimum Gasteiger partial charge on any atom is -0.494 e. The minimum absolute atomic E-state index is 0.294. The highest BCUT2D eigenvalue weighted by molar-refractivity contribution is 6.45. The number of imide groups is 1. The van der Waals surface area contributed by atoms with Gasteiger partial charge in [-0.05, 0) is 50.7 Å². The molecule has 32 heavy (non-hydrogen) atoms. The van der Waals surface area contributed by atoms with E-state index in [1.165, 1.54) is 4.90 Å². The zero-order chi connectivity index (χ0) is 22.7. The van der Waals surface area contributed by atoms with Crippen molar-refractivity contribution in [1.29, 1.82) is 0 Å². The molecule has 0 atom stereocenters. The third-order valence-electron chi connectivity index (χ3n) is 5.72. The average Bonchev–Trinajstić information content (AvgIpc) is 3.05. The molecule has 1 fully saturated rings. The quantitative estimate of drug-likeness (QED) is 0.623. The summed E-state index contributed by atoms with van der Waals surface area (Å²) in [6, 6.07) is 14.5. The predicted molar refractivity (Wildman–Crippen MR) is 124 cm³/mol. The number of carbonyl (C=O) groups is 2. The fraction of sp³-hybridized carbons (Fsp3) is 0.360. The standard InChI is InChI=1S/C25H29N3O4/c1-4-31-20-11-9-18(10-12-20)22-23(27-15-13-26(3)14-16-27)25(30)28(24(22)29)19-7-6-8-21(17-19)32-5-2/h6-12,17H,4-5,13-16H2,1-3H3. The Balaban J connectivity index is 1.75. The number of anilines is 1. The Hall–Kier alpha value is -3.32. The Morgan fingerprint density at radius 1 is 0.812 bits per heavy atom. The summed E-state index contributed by atoms with van der Waals surface area (Å²) in [5.74, 6) is 0.746. The summed E-state index contributed by atoms with van der Waals surface area (Å²) in [5, 5.41) is 0. The number of ether oxygens (including phenoxy) is 2. The first-order chi connectivity index (χ1) is 15.5. The molecule has 0 saturated carbocycles. The summed E-state index contributed by atoms with van der Waals surface area (Å²) in [7, 11) is 2.06. The van der Waals surface area contributed by atoms with Crippen LogP contribution in [0.15, 0.2) is 54.2 Å². The lowest BCUT2D eigenvalue weighted by Gasteiger charge is -2.34. The summed E-state index contributed by atoms with van der Waals surface area (Å²) < 4.78 is 11.1. The van der Waals surface area contributed by atoms with Crippen LogP contribution in [0.25, 0.3) is 5.57 Å². The number of hydrogen-bond donors (Lipinski definition) is 0. The smallest absolute Gasteiger partial charge is 0.282 e. The number of amides is 2. The normalized spacial score (nSPS) is 17.3. The topological polar surface area (TPSA) is 62.3 Å². The fourth-order valence-electron chi connectivity index (χ4n) is 4.10. The van der Waals surface area contributed by atoms with Crippen molar-refractivity contribution in [2.24, 2.45) is 0 Å². The molecule has 0 radical (unpaired) electrons. The Kier molecular flexibility index (Phi) is 6.46. The Bertz CT molecular complexity index is 1020. The van der Waals surface area contributed by atoms with Crippen LogP contribution in [0.1, 0.15) is 19.4 Å². The SMILES string of the molecule is CCOc1ccc(C2=C(N3CCN(C)CC3)C(=O)N(c3cccc(OCC)c3)C2=O)cc1. The number of likely N-dealkylation sites (N-methyl/N-ethyl adjacent to an activating group) is 1. The Morgan fingerprint density at radius 2 is 1.47 bits per heavy atom. The van der Waals surface area contributed by atoms with Gasteiger partial charge in [-0.2, -0.15) is 0 Å². The number of nitrogens with zero attached hydrogens (tertiary/aromatic N) is 3. The molecule has 7 heteroatoms. The zero-order valence-electron chi connectivity index (χ0n) is 18.8. The number of benzene rings is 2. The highest BCUT2D eigenvalue weighted by atomic mass is 16.5.